The number of aromatic amines is 1. The third-order valence-corrected chi connectivity index (χ3v) is 3.20. The van der Waals surface area contributed by atoms with Crippen LogP contribution in [0.15, 0.2) is 11.1 Å². The molecule has 0 aliphatic carbocycles. The molecule has 0 aromatic carbocycles. The molecule has 18 heavy (non-hydrogen) atoms. The summed E-state index contributed by atoms with van der Waals surface area (Å²) < 4.78 is 0.481. The van der Waals surface area contributed by atoms with E-state index in [0.29, 0.717) is 21.9 Å². The van der Waals surface area contributed by atoms with E-state index in [0.717, 1.165) is 0 Å². The molecule has 7 heteroatoms. The highest BCUT2D eigenvalue weighted by atomic mass is 127. The van der Waals surface area contributed by atoms with Crippen molar-refractivity contribution in [3.63, 3.8) is 0 Å². The highest BCUT2D eigenvalue weighted by molar-refractivity contribution is 14.1. The predicted molar refractivity (Wildman–Crippen MR) is 78.7 cm³/mol. The Labute approximate surface area is 119 Å². The highest BCUT2D eigenvalue weighted by Gasteiger charge is 2.13. The van der Waals surface area contributed by atoms with Gasteiger partial charge < -0.3 is 15.2 Å². The van der Waals surface area contributed by atoms with Crippen LogP contribution in [0.3, 0.4) is 0 Å². The molecule has 0 saturated carbocycles. The van der Waals surface area contributed by atoms with Gasteiger partial charge in [0.1, 0.15) is 9.39 Å². The number of anilines is 1. The van der Waals surface area contributed by atoms with Crippen molar-refractivity contribution in [3.05, 3.63) is 20.3 Å². The number of halogens is 1. The lowest BCUT2D eigenvalue weighted by molar-refractivity contribution is -0.119. The summed E-state index contributed by atoms with van der Waals surface area (Å²) in [5, 5.41) is 2.82. The fourth-order valence-electron chi connectivity index (χ4n) is 1.30. The van der Waals surface area contributed by atoms with Crippen LogP contribution in [0.1, 0.15) is 13.8 Å². The molecule has 0 bridgehead atoms. The minimum atomic E-state index is -0.199. The first kappa shape index (κ1) is 14.9. The number of H-pyrrole nitrogens is 1. The first-order valence-electron chi connectivity index (χ1n) is 5.62. The van der Waals surface area contributed by atoms with Gasteiger partial charge in [0.2, 0.25) is 5.91 Å². The molecule has 0 spiro atoms. The minimum Gasteiger partial charge on any atom is -0.354 e. The molecule has 1 aromatic heterocycles. The fourth-order valence-corrected chi connectivity index (χ4v) is 2.01. The number of nitrogens with one attached hydrogen (secondary N) is 2. The molecular weight excluding hydrogens is 347 g/mol. The smallest absolute Gasteiger partial charge is 0.266 e. The topological polar surface area (TPSA) is 78.1 Å². The van der Waals surface area contributed by atoms with E-state index in [4.69, 9.17) is 0 Å². The number of rotatable bonds is 5. The number of carbonyl (C=O) groups is 1. The Balaban J connectivity index is 2.65. The van der Waals surface area contributed by atoms with Crippen LogP contribution in [0.25, 0.3) is 0 Å². The number of carbonyl (C=O) groups excluding carboxylic acids is 1. The SMILES string of the molecule is CC(C)CNC(=O)CN(C)c1nc[nH]c(=O)c1I. The van der Waals surface area contributed by atoms with Crippen molar-refractivity contribution < 1.29 is 4.79 Å². The van der Waals surface area contributed by atoms with Crippen LogP contribution >= 0.6 is 22.6 Å². The van der Waals surface area contributed by atoms with E-state index in [9.17, 15) is 9.59 Å². The maximum absolute atomic E-state index is 11.7. The van der Waals surface area contributed by atoms with E-state index in [1.54, 1.807) is 11.9 Å². The van der Waals surface area contributed by atoms with Gasteiger partial charge in [0, 0.05) is 13.6 Å². The molecule has 1 heterocycles. The molecule has 1 rings (SSSR count). The lowest BCUT2D eigenvalue weighted by Gasteiger charge is -2.18. The average Bonchev–Trinajstić information content (AvgIpc) is 2.30. The van der Waals surface area contributed by atoms with Crippen LogP contribution in [-0.2, 0) is 4.79 Å². The van der Waals surface area contributed by atoms with Gasteiger partial charge in [0.25, 0.3) is 5.56 Å². The summed E-state index contributed by atoms with van der Waals surface area (Å²) in [5.74, 6) is 0.847. The van der Waals surface area contributed by atoms with E-state index in [-0.39, 0.29) is 18.0 Å². The van der Waals surface area contributed by atoms with Crippen LogP contribution in [-0.4, -0.2) is 36.0 Å². The molecule has 0 aliphatic heterocycles. The van der Waals surface area contributed by atoms with E-state index in [2.05, 4.69) is 15.3 Å². The Kier molecular flexibility index (Phi) is 5.57. The summed E-state index contributed by atoms with van der Waals surface area (Å²) in [5.41, 5.74) is -0.199. The summed E-state index contributed by atoms with van der Waals surface area (Å²) >= 11 is 1.92. The average molecular weight is 364 g/mol. The van der Waals surface area contributed by atoms with E-state index < -0.39 is 0 Å². The Morgan fingerprint density at radius 2 is 2.28 bits per heavy atom. The van der Waals surface area contributed by atoms with Crippen molar-refractivity contribution in [2.75, 3.05) is 25.0 Å². The molecule has 2 N–H and O–H groups in total. The number of hydrogen-bond donors (Lipinski definition) is 2. The van der Waals surface area contributed by atoms with Crippen molar-refractivity contribution in [3.8, 4) is 0 Å². The predicted octanol–water partition coefficient (Wildman–Crippen LogP) is 0.583. The fraction of sp³-hybridized carbons (Fsp3) is 0.545. The van der Waals surface area contributed by atoms with Gasteiger partial charge in [-0.3, -0.25) is 9.59 Å². The van der Waals surface area contributed by atoms with Crippen LogP contribution in [0, 0.1) is 9.49 Å². The quantitative estimate of drug-likeness (QED) is 0.750. The summed E-state index contributed by atoms with van der Waals surface area (Å²) in [4.78, 5) is 31.3. The molecule has 6 nitrogen and oxygen atoms in total. The van der Waals surface area contributed by atoms with E-state index in [1.807, 2.05) is 36.4 Å². The third kappa shape index (κ3) is 4.28. The number of aromatic nitrogens is 2. The largest absolute Gasteiger partial charge is 0.354 e. The molecule has 0 saturated heterocycles. The summed E-state index contributed by atoms with van der Waals surface area (Å²) in [6, 6.07) is 0. The van der Waals surface area contributed by atoms with Gasteiger partial charge in [-0.1, -0.05) is 13.8 Å². The lowest BCUT2D eigenvalue weighted by atomic mass is 10.2. The van der Waals surface area contributed by atoms with Crippen molar-refractivity contribution in [1.29, 1.82) is 0 Å². The van der Waals surface area contributed by atoms with Crippen molar-refractivity contribution in [1.82, 2.24) is 15.3 Å². The molecule has 100 valence electrons. The number of hydrogen-bond acceptors (Lipinski definition) is 4. The zero-order valence-electron chi connectivity index (χ0n) is 10.7. The standard InChI is InChI=1S/C11H17IN4O2/c1-7(2)4-13-8(17)5-16(3)10-9(12)11(18)15-6-14-10/h6-7H,4-5H2,1-3H3,(H,13,17)(H,14,15,18). The van der Waals surface area contributed by atoms with Gasteiger partial charge in [-0.2, -0.15) is 0 Å². The summed E-state index contributed by atoms with van der Waals surface area (Å²) in [6.07, 6.45) is 1.34. The molecule has 0 unspecified atom stereocenters. The Hall–Kier alpha value is -1.12. The van der Waals surface area contributed by atoms with E-state index >= 15 is 0 Å². The van der Waals surface area contributed by atoms with Gasteiger partial charge in [-0.25, -0.2) is 4.98 Å². The normalized spacial score (nSPS) is 10.5. The van der Waals surface area contributed by atoms with Crippen molar-refractivity contribution in [2.45, 2.75) is 13.8 Å². The number of likely N-dealkylation sites (N-methyl/N-ethyl adjacent to an activating group) is 1. The molecule has 0 aliphatic rings. The maximum Gasteiger partial charge on any atom is 0.266 e. The second kappa shape index (κ2) is 6.72. The summed E-state index contributed by atoms with van der Waals surface area (Å²) in [7, 11) is 1.74. The first-order valence-corrected chi connectivity index (χ1v) is 6.70. The molecule has 1 aromatic rings. The van der Waals surface area contributed by atoms with Gasteiger partial charge in [-0.05, 0) is 28.5 Å². The van der Waals surface area contributed by atoms with Crippen molar-refractivity contribution in [2.24, 2.45) is 5.92 Å². The minimum absolute atomic E-state index is 0.0796. The second-order valence-electron chi connectivity index (χ2n) is 4.42. The monoisotopic (exact) mass is 364 g/mol. The van der Waals surface area contributed by atoms with Gasteiger partial charge in [0.05, 0.1) is 12.9 Å². The molecule has 1 amide bonds. The van der Waals surface area contributed by atoms with Gasteiger partial charge in [0.15, 0.2) is 0 Å². The molecular formula is C11H17IN4O2. The Morgan fingerprint density at radius 1 is 1.61 bits per heavy atom. The van der Waals surface area contributed by atoms with Crippen LogP contribution in [0.2, 0.25) is 0 Å². The molecule has 0 fully saturated rings. The van der Waals surface area contributed by atoms with Crippen molar-refractivity contribution >= 4 is 34.3 Å². The highest BCUT2D eigenvalue weighted by Crippen LogP contribution is 2.12. The zero-order valence-corrected chi connectivity index (χ0v) is 12.8. The lowest BCUT2D eigenvalue weighted by Crippen LogP contribution is -2.38. The molecule has 0 radical (unpaired) electrons. The summed E-state index contributed by atoms with van der Waals surface area (Å²) in [6.45, 7) is 4.89. The second-order valence-corrected chi connectivity index (χ2v) is 5.50. The van der Waals surface area contributed by atoms with Crippen LogP contribution < -0.4 is 15.8 Å². The third-order valence-electron chi connectivity index (χ3n) is 2.23. The van der Waals surface area contributed by atoms with Gasteiger partial charge >= 0.3 is 0 Å². The Bertz CT molecular complexity index is 472. The number of amides is 1. The molecule has 0 atom stereocenters. The number of nitrogens with zero attached hydrogens (tertiary/aromatic N) is 2. The van der Waals surface area contributed by atoms with E-state index in [1.165, 1.54) is 6.33 Å². The van der Waals surface area contributed by atoms with Crippen LogP contribution in [0.4, 0.5) is 5.82 Å². The van der Waals surface area contributed by atoms with Crippen LogP contribution in [0.5, 0.6) is 0 Å². The van der Waals surface area contributed by atoms with Gasteiger partial charge in [-0.15, -0.1) is 0 Å². The first-order chi connectivity index (χ1) is 8.41. The zero-order chi connectivity index (χ0) is 13.7. The Morgan fingerprint density at radius 3 is 2.89 bits per heavy atom. The maximum atomic E-state index is 11.7.